The average molecular weight is 476 g/mol. The molecule has 0 aliphatic carbocycles. The molecule has 1 fully saturated rings. The lowest BCUT2D eigenvalue weighted by Crippen LogP contribution is -2.28. The van der Waals surface area contributed by atoms with E-state index in [2.05, 4.69) is 10.3 Å². The number of aliphatic hydroxyl groups excluding tert-OH is 2. The standard InChI is InChI=1S/C19H29N3O7S2/c23-12-14-13(24)11-17(29-14)22-8-7-15(21-19(22)28)20-16(25)5-4-10-31-30-9-3-1-2-6-18(26)27/h7-8,13-14,17,23-24H,1-6,9-12H2,(H,26,27)(H,20,21,25,28)/t13?,14-,17-/m1/s1. The number of aromatic nitrogens is 2. The molecular formula is C19H29N3O7S2. The van der Waals surface area contributed by atoms with Gasteiger partial charge in [0.05, 0.1) is 12.7 Å². The van der Waals surface area contributed by atoms with E-state index in [9.17, 15) is 19.5 Å². The van der Waals surface area contributed by atoms with Gasteiger partial charge in [-0.05, 0) is 25.3 Å². The number of nitrogens with one attached hydrogen (secondary N) is 1. The molecule has 10 nitrogen and oxygen atoms in total. The fourth-order valence-corrected chi connectivity index (χ4v) is 5.21. The van der Waals surface area contributed by atoms with Crippen molar-refractivity contribution in [1.29, 1.82) is 0 Å². The molecule has 1 aromatic rings. The molecule has 174 valence electrons. The molecule has 0 bridgehead atoms. The van der Waals surface area contributed by atoms with Crippen molar-refractivity contribution in [2.24, 2.45) is 0 Å². The van der Waals surface area contributed by atoms with Crippen LogP contribution in [0, 0.1) is 0 Å². The number of hydrogen-bond acceptors (Lipinski definition) is 9. The van der Waals surface area contributed by atoms with Crippen molar-refractivity contribution in [3.63, 3.8) is 0 Å². The Morgan fingerprint density at radius 3 is 2.58 bits per heavy atom. The maximum atomic E-state index is 12.2. The number of amides is 1. The van der Waals surface area contributed by atoms with Gasteiger partial charge in [-0.3, -0.25) is 14.2 Å². The van der Waals surface area contributed by atoms with Gasteiger partial charge in [0.15, 0.2) is 0 Å². The third kappa shape index (κ3) is 9.19. The van der Waals surface area contributed by atoms with Crippen molar-refractivity contribution in [2.75, 3.05) is 23.4 Å². The molecule has 1 unspecified atom stereocenters. The first-order chi connectivity index (χ1) is 14.9. The Kier molecular flexibility index (Phi) is 11.4. The molecule has 1 aromatic heterocycles. The van der Waals surface area contributed by atoms with Crippen LogP contribution < -0.4 is 11.0 Å². The maximum Gasteiger partial charge on any atom is 0.351 e. The van der Waals surface area contributed by atoms with E-state index in [-0.39, 0.29) is 31.2 Å². The monoisotopic (exact) mass is 475 g/mol. The van der Waals surface area contributed by atoms with Crippen molar-refractivity contribution < 1.29 is 29.6 Å². The van der Waals surface area contributed by atoms with Gasteiger partial charge >= 0.3 is 11.7 Å². The van der Waals surface area contributed by atoms with Crippen LogP contribution in [-0.2, 0) is 14.3 Å². The van der Waals surface area contributed by atoms with Crippen LogP contribution in [-0.4, -0.2) is 67.1 Å². The Morgan fingerprint density at radius 1 is 1.19 bits per heavy atom. The zero-order valence-electron chi connectivity index (χ0n) is 17.1. The van der Waals surface area contributed by atoms with Crippen LogP contribution >= 0.6 is 21.6 Å². The molecule has 31 heavy (non-hydrogen) atoms. The predicted molar refractivity (Wildman–Crippen MR) is 119 cm³/mol. The summed E-state index contributed by atoms with van der Waals surface area (Å²) >= 11 is 0. The van der Waals surface area contributed by atoms with E-state index >= 15 is 0 Å². The number of hydrogen-bond donors (Lipinski definition) is 4. The van der Waals surface area contributed by atoms with Crippen molar-refractivity contribution in [3.05, 3.63) is 22.7 Å². The number of rotatable bonds is 14. The first kappa shape index (κ1) is 25.7. The number of aliphatic carboxylic acids is 1. The minimum Gasteiger partial charge on any atom is -0.481 e. The summed E-state index contributed by atoms with van der Waals surface area (Å²) in [7, 11) is 3.41. The van der Waals surface area contributed by atoms with Gasteiger partial charge in [-0.15, -0.1) is 0 Å². The molecule has 4 N–H and O–H groups in total. The quantitative estimate of drug-likeness (QED) is 0.231. The second-order valence-electron chi connectivity index (χ2n) is 7.12. The molecule has 2 heterocycles. The highest BCUT2D eigenvalue weighted by Crippen LogP contribution is 2.27. The lowest BCUT2D eigenvalue weighted by atomic mass is 10.2. The SMILES string of the molecule is O=C(O)CCCCCSSCCCC(=O)Nc1ccn([C@H]2CC(O)[C@@H](CO)O2)c(=O)n1. The van der Waals surface area contributed by atoms with Gasteiger partial charge in [-0.25, -0.2) is 4.79 Å². The fourth-order valence-electron chi connectivity index (χ4n) is 2.98. The summed E-state index contributed by atoms with van der Waals surface area (Å²) in [6.07, 6.45) is 3.15. The Hall–Kier alpha value is -1.60. The summed E-state index contributed by atoms with van der Waals surface area (Å²) in [5, 5.41) is 30.1. The summed E-state index contributed by atoms with van der Waals surface area (Å²) in [6, 6.07) is 1.50. The minimum absolute atomic E-state index is 0.159. The van der Waals surface area contributed by atoms with E-state index in [0.717, 1.165) is 24.3 Å². The highest BCUT2D eigenvalue weighted by Gasteiger charge is 2.34. The molecule has 3 atom stereocenters. The summed E-state index contributed by atoms with van der Waals surface area (Å²) in [6.45, 7) is -0.336. The topological polar surface area (TPSA) is 151 Å². The Bertz CT molecular complexity index is 777. The van der Waals surface area contributed by atoms with E-state index in [4.69, 9.17) is 14.9 Å². The third-order valence-corrected chi connectivity index (χ3v) is 7.20. The number of nitrogens with zero attached hydrogens (tertiary/aromatic N) is 2. The molecule has 1 saturated heterocycles. The molecule has 0 saturated carbocycles. The molecule has 1 amide bonds. The highest BCUT2D eigenvalue weighted by atomic mass is 33.1. The smallest absolute Gasteiger partial charge is 0.351 e. The largest absolute Gasteiger partial charge is 0.481 e. The van der Waals surface area contributed by atoms with Crippen LogP contribution in [0.15, 0.2) is 17.1 Å². The molecule has 0 spiro atoms. The van der Waals surface area contributed by atoms with E-state index in [0.29, 0.717) is 19.3 Å². The van der Waals surface area contributed by atoms with E-state index in [1.54, 1.807) is 21.6 Å². The number of carboxylic acids is 1. The highest BCUT2D eigenvalue weighted by molar-refractivity contribution is 8.76. The fraction of sp³-hybridized carbons (Fsp3) is 0.684. The van der Waals surface area contributed by atoms with E-state index < -0.39 is 30.1 Å². The number of ether oxygens (including phenoxy) is 1. The first-order valence-corrected chi connectivity index (χ1v) is 12.7. The van der Waals surface area contributed by atoms with Crippen LogP contribution in [0.4, 0.5) is 5.82 Å². The van der Waals surface area contributed by atoms with Gasteiger partial charge in [-0.1, -0.05) is 28.0 Å². The Labute approximate surface area is 188 Å². The zero-order valence-corrected chi connectivity index (χ0v) is 18.8. The number of aliphatic hydroxyl groups is 2. The van der Waals surface area contributed by atoms with Gasteiger partial charge in [0.25, 0.3) is 0 Å². The van der Waals surface area contributed by atoms with Crippen LogP contribution in [0.1, 0.15) is 51.2 Å². The summed E-state index contributed by atoms with van der Waals surface area (Å²) in [4.78, 5) is 38.5. The molecule has 0 radical (unpaired) electrons. The zero-order chi connectivity index (χ0) is 22.6. The van der Waals surface area contributed by atoms with Crippen LogP contribution in [0.3, 0.4) is 0 Å². The maximum absolute atomic E-state index is 12.2. The number of unbranched alkanes of at least 4 members (excludes halogenated alkanes) is 2. The van der Waals surface area contributed by atoms with Crippen molar-refractivity contribution >= 4 is 39.3 Å². The second-order valence-corrected chi connectivity index (χ2v) is 9.82. The molecule has 0 aromatic carbocycles. The molecule has 2 rings (SSSR count). The molecule has 1 aliphatic rings. The van der Waals surface area contributed by atoms with Gasteiger partial charge < -0.3 is 25.4 Å². The predicted octanol–water partition coefficient (Wildman–Crippen LogP) is 1.63. The summed E-state index contributed by atoms with van der Waals surface area (Å²) in [5.74, 6) is 0.951. The van der Waals surface area contributed by atoms with E-state index in [1.807, 2.05) is 0 Å². The molecular weight excluding hydrogens is 446 g/mol. The average Bonchev–Trinajstić information content (AvgIpc) is 3.09. The third-order valence-electron chi connectivity index (χ3n) is 4.62. The number of carboxylic acid groups (broad SMARTS) is 1. The number of carbonyl (C=O) groups excluding carboxylic acids is 1. The van der Waals surface area contributed by atoms with Crippen molar-refractivity contribution in [3.8, 4) is 0 Å². The second kappa shape index (κ2) is 13.7. The van der Waals surface area contributed by atoms with Gasteiger partial charge in [0, 0.05) is 37.0 Å². The van der Waals surface area contributed by atoms with Crippen molar-refractivity contribution in [2.45, 2.75) is 63.4 Å². The van der Waals surface area contributed by atoms with Crippen molar-refractivity contribution in [1.82, 2.24) is 9.55 Å². The number of anilines is 1. The van der Waals surface area contributed by atoms with E-state index in [1.165, 1.54) is 16.8 Å². The minimum atomic E-state index is -0.853. The lowest BCUT2D eigenvalue weighted by molar-refractivity contribution is -0.137. The van der Waals surface area contributed by atoms with Gasteiger partial charge in [0.2, 0.25) is 5.91 Å². The first-order valence-electron chi connectivity index (χ1n) is 10.2. The lowest BCUT2D eigenvalue weighted by Gasteiger charge is -2.14. The normalized spacial score (nSPS) is 20.6. The summed E-state index contributed by atoms with van der Waals surface area (Å²) in [5.41, 5.74) is -0.607. The molecule has 12 heteroatoms. The Balaban J connectivity index is 1.61. The van der Waals surface area contributed by atoms with Crippen LogP contribution in [0.25, 0.3) is 0 Å². The summed E-state index contributed by atoms with van der Waals surface area (Å²) < 4.78 is 6.67. The van der Waals surface area contributed by atoms with Gasteiger partial charge in [0.1, 0.15) is 18.1 Å². The number of carbonyl (C=O) groups is 2. The molecule has 1 aliphatic heterocycles. The van der Waals surface area contributed by atoms with Crippen LogP contribution in [0.5, 0.6) is 0 Å². The Morgan fingerprint density at radius 2 is 1.94 bits per heavy atom. The van der Waals surface area contributed by atoms with Crippen LogP contribution in [0.2, 0.25) is 0 Å². The van der Waals surface area contributed by atoms with Gasteiger partial charge in [-0.2, -0.15) is 4.98 Å².